The molecule has 120 valence electrons. The molecule has 0 saturated carbocycles. The van der Waals surface area contributed by atoms with Crippen molar-refractivity contribution >= 4 is 5.91 Å². The van der Waals surface area contributed by atoms with Gasteiger partial charge in [0, 0.05) is 6.54 Å². The molecule has 1 aliphatic rings. The molecule has 0 radical (unpaired) electrons. The van der Waals surface area contributed by atoms with E-state index < -0.39 is 29.2 Å². The Hall–Kier alpha value is -2.34. The fraction of sp³-hybridized carbons (Fsp3) is 0.235. The van der Waals surface area contributed by atoms with Gasteiger partial charge in [-0.25, -0.2) is 13.2 Å². The van der Waals surface area contributed by atoms with Crippen molar-refractivity contribution < 1.29 is 22.7 Å². The largest absolute Gasteiger partial charge is 0.370 e. The van der Waals surface area contributed by atoms with Crippen molar-refractivity contribution in [3.63, 3.8) is 0 Å². The number of benzene rings is 2. The maximum atomic E-state index is 13.8. The quantitative estimate of drug-likeness (QED) is 0.849. The molecule has 0 aromatic heterocycles. The van der Waals surface area contributed by atoms with Crippen molar-refractivity contribution in [3.8, 4) is 0 Å². The summed E-state index contributed by atoms with van der Waals surface area (Å²) >= 11 is 0. The van der Waals surface area contributed by atoms with E-state index in [1.54, 1.807) is 12.1 Å². The van der Waals surface area contributed by atoms with Gasteiger partial charge >= 0.3 is 0 Å². The Balaban J connectivity index is 1.81. The molecule has 2 aromatic carbocycles. The first-order valence-corrected chi connectivity index (χ1v) is 7.16. The van der Waals surface area contributed by atoms with Gasteiger partial charge in [-0.3, -0.25) is 4.79 Å². The molecule has 1 atom stereocenters. The van der Waals surface area contributed by atoms with Gasteiger partial charge in [0.25, 0.3) is 5.91 Å². The summed E-state index contributed by atoms with van der Waals surface area (Å²) in [6.07, 6.45) is -0.455. The SMILES string of the molecule is O=C(c1c(F)cccc1F)N1CCO[C@@H](c2ccc(F)cc2)C1. The third kappa shape index (κ3) is 3.22. The van der Waals surface area contributed by atoms with Crippen molar-refractivity contribution in [1.82, 2.24) is 4.90 Å². The molecular formula is C17H14F3NO2. The Morgan fingerprint density at radius 2 is 1.70 bits per heavy atom. The molecule has 6 heteroatoms. The second-order valence-corrected chi connectivity index (χ2v) is 5.26. The van der Waals surface area contributed by atoms with Crippen LogP contribution in [0.1, 0.15) is 22.0 Å². The fourth-order valence-corrected chi connectivity index (χ4v) is 2.57. The highest BCUT2D eigenvalue weighted by atomic mass is 19.1. The molecule has 1 aliphatic heterocycles. The molecular weight excluding hydrogens is 307 g/mol. The molecule has 3 nitrogen and oxygen atoms in total. The first-order chi connectivity index (χ1) is 11.1. The van der Waals surface area contributed by atoms with E-state index in [1.165, 1.54) is 23.1 Å². The van der Waals surface area contributed by atoms with Crippen molar-refractivity contribution in [2.45, 2.75) is 6.10 Å². The molecule has 2 aromatic rings. The summed E-state index contributed by atoms with van der Waals surface area (Å²) in [6, 6.07) is 9.05. The number of halogens is 3. The van der Waals surface area contributed by atoms with Crippen LogP contribution in [-0.4, -0.2) is 30.5 Å². The van der Waals surface area contributed by atoms with E-state index in [1.807, 2.05) is 0 Å². The van der Waals surface area contributed by atoms with Gasteiger partial charge in [-0.2, -0.15) is 0 Å². The maximum absolute atomic E-state index is 13.8. The Labute approximate surface area is 131 Å². The maximum Gasteiger partial charge on any atom is 0.260 e. The van der Waals surface area contributed by atoms with Gasteiger partial charge < -0.3 is 9.64 Å². The van der Waals surface area contributed by atoms with E-state index in [0.717, 1.165) is 12.1 Å². The summed E-state index contributed by atoms with van der Waals surface area (Å²) in [5, 5.41) is 0. The highest BCUT2D eigenvalue weighted by molar-refractivity contribution is 5.94. The predicted molar refractivity (Wildman–Crippen MR) is 77.4 cm³/mol. The number of rotatable bonds is 2. The fourth-order valence-electron chi connectivity index (χ4n) is 2.57. The van der Waals surface area contributed by atoms with Gasteiger partial charge in [0.15, 0.2) is 0 Å². The zero-order chi connectivity index (χ0) is 16.4. The molecule has 0 aliphatic carbocycles. The number of amides is 1. The van der Waals surface area contributed by atoms with Crippen LogP contribution in [0.5, 0.6) is 0 Å². The average molecular weight is 321 g/mol. The van der Waals surface area contributed by atoms with Crippen molar-refractivity contribution in [3.05, 3.63) is 71.0 Å². The monoisotopic (exact) mass is 321 g/mol. The Kier molecular flexibility index (Phi) is 4.34. The highest BCUT2D eigenvalue weighted by Crippen LogP contribution is 2.24. The molecule has 0 bridgehead atoms. The Morgan fingerprint density at radius 3 is 2.35 bits per heavy atom. The number of nitrogens with zero attached hydrogens (tertiary/aromatic N) is 1. The third-order valence-electron chi connectivity index (χ3n) is 3.77. The van der Waals surface area contributed by atoms with Gasteiger partial charge in [0.1, 0.15) is 29.1 Å². The molecule has 0 spiro atoms. The highest BCUT2D eigenvalue weighted by Gasteiger charge is 2.29. The van der Waals surface area contributed by atoms with Crippen molar-refractivity contribution in [2.75, 3.05) is 19.7 Å². The molecule has 1 heterocycles. The average Bonchev–Trinajstić information content (AvgIpc) is 2.55. The van der Waals surface area contributed by atoms with Crippen LogP contribution in [0, 0.1) is 17.5 Å². The summed E-state index contributed by atoms with van der Waals surface area (Å²) in [6.45, 7) is 0.631. The summed E-state index contributed by atoms with van der Waals surface area (Å²) in [4.78, 5) is 13.7. The van der Waals surface area contributed by atoms with Crippen LogP contribution in [0.4, 0.5) is 13.2 Å². The minimum atomic E-state index is -0.889. The van der Waals surface area contributed by atoms with Crippen LogP contribution < -0.4 is 0 Å². The zero-order valence-electron chi connectivity index (χ0n) is 12.1. The molecule has 0 unspecified atom stereocenters. The van der Waals surface area contributed by atoms with Gasteiger partial charge in [-0.15, -0.1) is 0 Å². The Morgan fingerprint density at radius 1 is 1.04 bits per heavy atom. The van der Waals surface area contributed by atoms with E-state index in [-0.39, 0.29) is 25.5 Å². The summed E-state index contributed by atoms with van der Waals surface area (Å²) in [7, 11) is 0. The van der Waals surface area contributed by atoms with Crippen molar-refractivity contribution in [2.24, 2.45) is 0 Å². The van der Waals surface area contributed by atoms with E-state index in [9.17, 15) is 18.0 Å². The van der Waals surface area contributed by atoms with Crippen LogP contribution in [0.25, 0.3) is 0 Å². The predicted octanol–water partition coefficient (Wildman–Crippen LogP) is 3.32. The number of ether oxygens (including phenoxy) is 1. The zero-order valence-corrected chi connectivity index (χ0v) is 12.1. The van der Waals surface area contributed by atoms with E-state index in [4.69, 9.17) is 4.74 Å². The normalized spacial score (nSPS) is 18.0. The summed E-state index contributed by atoms with van der Waals surface area (Å²) in [5.41, 5.74) is 0.144. The number of carbonyl (C=O) groups excluding carboxylic acids is 1. The van der Waals surface area contributed by atoms with E-state index >= 15 is 0 Å². The van der Waals surface area contributed by atoms with Gasteiger partial charge in [-0.1, -0.05) is 18.2 Å². The van der Waals surface area contributed by atoms with Crippen molar-refractivity contribution in [1.29, 1.82) is 0 Å². The number of hydrogen-bond acceptors (Lipinski definition) is 2. The molecule has 23 heavy (non-hydrogen) atoms. The lowest BCUT2D eigenvalue weighted by molar-refractivity contribution is -0.0231. The van der Waals surface area contributed by atoms with Gasteiger partial charge in [0.2, 0.25) is 0 Å². The van der Waals surface area contributed by atoms with Crippen LogP contribution in [0.2, 0.25) is 0 Å². The lowest BCUT2D eigenvalue weighted by Crippen LogP contribution is -2.42. The van der Waals surface area contributed by atoms with E-state index in [2.05, 4.69) is 0 Å². The molecule has 3 rings (SSSR count). The Bertz CT molecular complexity index is 698. The van der Waals surface area contributed by atoms with Crippen LogP contribution in [0.15, 0.2) is 42.5 Å². The lowest BCUT2D eigenvalue weighted by atomic mass is 10.1. The second kappa shape index (κ2) is 6.42. The van der Waals surface area contributed by atoms with E-state index in [0.29, 0.717) is 5.56 Å². The van der Waals surface area contributed by atoms with Crippen LogP contribution in [0.3, 0.4) is 0 Å². The molecule has 1 fully saturated rings. The van der Waals surface area contributed by atoms with Gasteiger partial charge in [0.05, 0.1) is 13.2 Å². The number of carbonyl (C=O) groups is 1. The smallest absolute Gasteiger partial charge is 0.260 e. The topological polar surface area (TPSA) is 29.5 Å². The van der Waals surface area contributed by atoms with Crippen LogP contribution >= 0.6 is 0 Å². The minimum Gasteiger partial charge on any atom is -0.370 e. The number of hydrogen-bond donors (Lipinski definition) is 0. The number of morpholine rings is 1. The minimum absolute atomic E-state index is 0.151. The molecule has 1 saturated heterocycles. The second-order valence-electron chi connectivity index (χ2n) is 5.26. The van der Waals surface area contributed by atoms with Crippen LogP contribution in [-0.2, 0) is 4.74 Å². The molecule has 0 N–H and O–H groups in total. The van der Waals surface area contributed by atoms with Gasteiger partial charge in [-0.05, 0) is 29.8 Å². The first kappa shape index (κ1) is 15.6. The summed E-state index contributed by atoms with van der Waals surface area (Å²) in [5.74, 6) is -2.86. The first-order valence-electron chi connectivity index (χ1n) is 7.16. The third-order valence-corrected chi connectivity index (χ3v) is 3.77. The lowest BCUT2D eigenvalue weighted by Gasteiger charge is -2.33. The standard InChI is InChI=1S/C17H14F3NO2/c18-12-6-4-11(5-7-12)15-10-21(8-9-23-15)17(22)16-13(19)2-1-3-14(16)20/h1-7,15H,8-10H2/t15-/m1/s1. The molecule has 1 amide bonds. The summed E-state index contributed by atoms with van der Waals surface area (Å²) < 4.78 is 46.1.